The van der Waals surface area contributed by atoms with Gasteiger partial charge in [-0.25, -0.2) is 13.2 Å². The number of nitrogens with zero attached hydrogens (tertiary/aromatic N) is 2. The highest BCUT2D eigenvalue weighted by Crippen LogP contribution is 2.22. The molecule has 0 aliphatic heterocycles. The third-order valence-corrected chi connectivity index (χ3v) is 6.52. The molecule has 2 aromatic carbocycles. The van der Waals surface area contributed by atoms with Crippen LogP contribution in [0.5, 0.6) is 0 Å². The van der Waals surface area contributed by atoms with Crippen molar-refractivity contribution in [3.63, 3.8) is 0 Å². The van der Waals surface area contributed by atoms with Crippen molar-refractivity contribution in [1.82, 2.24) is 9.88 Å². The summed E-state index contributed by atoms with van der Waals surface area (Å²) < 4.78 is 42.2. The lowest BCUT2D eigenvalue weighted by Crippen LogP contribution is -2.42. The van der Waals surface area contributed by atoms with Crippen LogP contribution in [0.2, 0.25) is 0 Å². The molecule has 0 unspecified atom stereocenters. The van der Waals surface area contributed by atoms with Gasteiger partial charge in [0.25, 0.3) is 11.5 Å². The quantitative estimate of drug-likeness (QED) is 0.183. The van der Waals surface area contributed by atoms with Gasteiger partial charge in [-0.05, 0) is 60.2 Å². The second-order valence-electron chi connectivity index (χ2n) is 9.31. The van der Waals surface area contributed by atoms with Gasteiger partial charge < -0.3 is 15.0 Å². The fourth-order valence-corrected chi connectivity index (χ4v) is 4.51. The van der Waals surface area contributed by atoms with Crippen molar-refractivity contribution in [2.45, 2.75) is 44.3 Å². The van der Waals surface area contributed by atoms with Crippen LogP contribution in [-0.4, -0.2) is 33.4 Å². The van der Waals surface area contributed by atoms with E-state index in [1.807, 2.05) is 0 Å². The van der Waals surface area contributed by atoms with Gasteiger partial charge in [0.15, 0.2) is 0 Å². The van der Waals surface area contributed by atoms with E-state index in [0.717, 1.165) is 6.07 Å². The molecular weight excluding hydrogens is 515 g/mol. The summed E-state index contributed by atoms with van der Waals surface area (Å²) in [5, 5.41) is 16.1. The molecule has 0 radical (unpaired) electrons. The minimum atomic E-state index is -1.15. The molecule has 2 atom stereocenters. The number of amides is 1. The number of halogens is 3. The Kier molecular flexibility index (Phi) is 8.38. The van der Waals surface area contributed by atoms with Crippen molar-refractivity contribution >= 4 is 17.4 Å². The van der Waals surface area contributed by atoms with E-state index >= 15 is 0 Å². The molecule has 11 heteroatoms. The SMILES string of the molecule is O=N[C@H]1CCC[C@@H]1NC(=O)C(=O)C=C(O)c1cc(Cc2ccc(F)cc2F)cn(Cc2ccc(F)cc2)c1=O. The molecule has 1 amide bonds. The van der Waals surface area contributed by atoms with Gasteiger partial charge in [-0.15, -0.1) is 0 Å². The molecule has 39 heavy (non-hydrogen) atoms. The lowest BCUT2D eigenvalue weighted by Gasteiger charge is -2.14. The van der Waals surface area contributed by atoms with Crippen LogP contribution in [0.4, 0.5) is 13.2 Å². The van der Waals surface area contributed by atoms with Crippen LogP contribution in [0.15, 0.2) is 70.8 Å². The number of carbonyl (C=O) groups is 2. The van der Waals surface area contributed by atoms with E-state index in [1.165, 1.54) is 47.2 Å². The number of nitroso groups, excluding NO2 is 1. The molecule has 0 bridgehead atoms. The fraction of sp³-hybridized carbons (Fsp3) is 0.250. The number of hydrogen-bond acceptors (Lipinski definition) is 6. The van der Waals surface area contributed by atoms with Gasteiger partial charge in [-0.2, -0.15) is 4.91 Å². The highest BCUT2D eigenvalue weighted by molar-refractivity contribution is 6.41. The van der Waals surface area contributed by atoms with Crippen LogP contribution < -0.4 is 10.9 Å². The summed E-state index contributed by atoms with van der Waals surface area (Å²) in [6.45, 7) is -0.0463. The van der Waals surface area contributed by atoms with Gasteiger partial charge in [-0.3, -0.25) is 14.4 Å². The van der Waals surface area contributed by atoms with Crippen molar-refractivity contribution in [1.29, 1.82) is 0 Å². The van der Waals surface area contributed by atoms with Crippen molar-refractivity contribution in [2.24, 2.45) is 5.18 Å². The maximum atomic E-state index is 14.3. The van der Waals surface area contributed by atoms with Crippen LogP contribution in [-0.2, 0) is 22.6 Å². The van der Waals surface area contributed by atoms with Crippen LogP contribution in [0, 0.1) is 22.4 Å². The maximum absolute atomic E-state index is 14.3. The predicted molar refractivity (Wildman–Crippen MR) is 136 cm³/mol. The molecule has 3 aromatic rings. The average Bonchev–Trinajstić information content (AvgIpc) is 3.35. The third-order valence-electron chi connectivity index (χ3n) is 6.52. The highest BCUT2D eigenvalue weighted by atomic mass is 19.1. The van der Waals surface area contributed by atoms with Crippen LogP contribution in [0.1, 0.15) is 41.5 Å². The molecule has 0 saturated heterocycles. The first-order valence-corrected chi connectivity index (χ1v) is 12.1. The molecule has 202 valence electrons. The number of ketones is 1. The van der Waals surface area contributed by atoms with E-state index in [-0.39, 0.29) is 24.1 Å². The molecule has 1 aromatic heterocycles. The molecule has 2 N–H and O–H groups in total. The molecule has 8 nitrogen and oxygen atoms in total. The van der Waals surface area contributed by atoms with Crippen molar-refractivity contribution in [3.05, 3.63) is 116 Å². The van der Waals surface area contributed by atoms with Crippen LogP contribution >= 0.6 is 0 Å². The smallest absolute Gasteiger partial charge is 0.292 e. The summed E-state index contributed by atoms with van der Waals surface area (Å²) in [5.74, 6) is -5.07. The summed E-state index contributed by atoms with van der Waals surface area (Å²) in [4.78, 5) is 49.0. The number of aliphatic hydroxyl groups excluding tert-OH is 1. The van der Waals surface area contributed by atoms with Gasteiger partial charge in [0, 0.05) is 24.8 Å². The van der Waals surface area contributed by atoms with Gasteiger partial charge >= 0.3 is 0 Å². The van der Waals surface area contributed by atoms with Gasteiger partial charge in [-0.1, -0.05) is 23.4 Å². The number of rotatable bonds is 9. The van der Waals surface area contributed by atoms with E-state index in [0.29, 0.717) is 42.5 Å². The Hall–Kier alpha value is -4.54. The van der Waals surface area contributed by atoms with Gasteiger partial charge in [0.2, 0.25) is 5.78 Å². The minimum absolute atomic E-state index is 0.0463. The Labute approximate surface area is 220 Å². The number of nitrogens with one attached hydrogen (secondary N) is 1. The molecular formula is C28H24F3N3O5. The predicted octanol–water partition coefficient (Wildman–Crippen LogP) is 4.18. The summed E-state index contributed by atoms with van der Waals surface area (Å²) in [5.41, 5.74) is -0.0799. The van der Waals surface area contributed by atoms with E-state index < -0.39 is 52.5 Å². The Morgan fingerprint density at radius 2 is 1.74 bits per heavy atom. The maximum Gasteiger partial charge on any atom is 0.292 e. The van der Waals surface area contributed by atoms with Gasteiger partial charge in [0.1, 0.15) is 29.3 Å². The fourth-order valence-electron chi connectivity index (χ4n) is 4.51. The first-order valence-electron chi connectivity index (χ1n) is 12.1. The number of carbonyl (C=O) groups excluding carboxylic acids is 2. The Balaban J connectivity index is 1.66. The van der Waals surface area contributed by atoms with E-state index in [4.69, 9.17) is 0 Å². The summed E-state index contributed by atoms with van der Waals surface area (Å²) in [6.07, 6.45) is 3.53. The van der Waals surface area contributed by atoms with Crippen molar-refractivity contribution in [2.75, 3.05) is 0 Å². The lowest BCUT2D eigenvalue weighted by molar-refractivity contribution is -0.135. The Morgan fingerprint density at radius 3 is 2.44 bits per heavy atom. The van der Waals surface area contributed by atoms with E-state index in [1.54, 1.807) is 0 Å². The summed E-state index contributed by atoms with van der Waals surface area (Å²) in [7, 11) is 0. The molecule has 1 saturated carbocycles. The minimum Gasteiger partial charge on any atom is -0.507 e. The molecule has 4 rings (SSSR count). The van der Waals surface area contributed by atoms with E-state index in [2.05, 4.69) is 10.5 Å². The van der Waals surface area contributed by atoms with Crippen molar-refractivity contribution in [3.8, 4) is 0 Å². The normalized spacial score (nSPS) is 17.2. The topological polar surface area (TPSA) is 118 Å². The zero-order chi connectivity index (χ0) is 28.1. The second-order valence-corrected chi connectivity index (χ2v) is 9.31. The van der Waals surface area contributed by atoms with Crippen LogP contribution in [0.3, 0.4) is 0 Å². The Bertz CT molecular complexity index is 1500. The van der Waals surface area contributed by atoms with Gasteiger partial charge in [0.05, 0.1) is 18.2 Å². The monoisotopic (exact) mass is 539 g/mol. The summed E-state index contributed by atoms with van der Waals surface area (Å²) >= 11 is 0. The second kappa shape index (κ2) is 11.9. The molecule has 0 spiro atoms. The molecule has 1 aliphatic rings. The number of pyridine rings is 1. The molecule has 1 fully saturated rings. The number of aromatic nitrogens is 1. The highest BCUT2D eigenvalue weighted by Gasteiger charge is 2.31. The third kappa shape index (κ3) is 6.67. The zero-order valence-corrected chi connectivity index (χ0v) is 20.6. The first-order chi connectivity index (χ1) is 18.6. The summed E-state index contributed by atoms with van der Waals surface area (Å²) in [6, 6.07) is 8.37. The number of hydrogen-bond donors (Lipinski definition) is 2. The Morgan fingerprint density at radius 1 is 1.03 bits per heavy atom. The molecule has 1 heterocycles. The van der Waals surface area contributed by atoms with Crippen molar-refractivity contribution < 1.29 is 27.9 Å². The molecule has 1 aliphatic carbocycles. The first kappa shape index (κ1) is 27.5. The lowest BCUT2D eigenvalue weighted by atomic mass is 10.0. The zero-order valence-electron chi connectivity index (χ0n) is 20.6. The van der Waals surface area contributed by atoms with E-state index in [9.17, 15) is 37.6 Å². The average molecular weight is 540 g/mol. The number of benzene rings is 2. The largest absolute Gasteiger partial charge is 0.507 e. The number of aliphatic hydroxyl groups is 1. The standard InChI is InChI=1S/C28H24F3N3O5/c29-19-7-4-16(5-8-19)14-34-15-17(10-18-6-9-20(30)12-22(18)31)11-21(28(34)38)25(35)13-26(36)27(37)32-23-2-1-3-24(23)33-39/h4-9,11-13,15,23-24,35H,1-3,10,14H2,(H,32,37)/t23-,24-/m0/s1. The van der Waals surface area contributed by atoms with Crippen LogP contribution in [0.25, 0.3) is 5.76 Å².